The Hall–Kier alpha value is -2.00. The maximum absolute atomic E-state index is 12.0. The highest BCUT2D eigenvalue weighted by atomic mass is 16.2. The van der Waals surface area contributed by atoms with E-state index in [1.807, 2.05) is 6.20 Å². The zero-order valence-electron chi connectivity index (χ0n) is 15.5. The molecule has 9 heteroatoms. The van der Waals surface area contributed by atoms with E-state index in [0.717, 1.165) is 57.3 Å². The Kier molecular flexibility index (Phi) is 8.49. The average Bonchev–Trinajstić information content (AvgIpc) is 3.08. The molecular formula is C17H31N7O2. The summed E-state index contributed by atoms with van der Waals surface area (Å²) in [5.74, 6) is -0.123. The molecule has 0 saturated carbocycles. The van der Waals surface area contributed by atoms with Gasteiger partial charge in [-0.15, -0.1) is 5.10 Å². The lowest BCUT2D eigenvalue weighted by atomic mass is 10.1. The molecule has 2 amide bonds. The number of nitrogens with zero attached hydrogens (tertiary/aromatic N) is 3. The van der Waals surface area contributed by atoms with Crippen molar-refractivity contribution in [3.8, 4) is 0 Å². The fourth-order valence-electron chi connectivity index (χ4n) is 3.03. The van der Waals surface area contributed by atoms with Crippen molar-refractivity contribution < 1.29 is 9.59 Å². The second kappa shape index (κ2) is 10.9. The van der Waals surface area contributed by atoms with Crippen molar-refractivity contribution in [3.05, 3.63) is 11.9 Å². The fraction of sp³-hybridized carbons (Fsp3) is 0.765. The number of hydrogen-bond acceptors (Lipinski definition) is 6. The van der Waals surface area contributed by atoms with Crippen molar-refractivity contribution >= 4 is 11.8 Å². The van der Waals surface area contributed by atoms with E-state index in [-0.39, 0.29) is 17.9 Å². The van der Waals surface area contributed by atoms with Crippen molar-refractivity contribution in [2.75, 3.05) is 20.1 Å². The molecule has 0 saturated heterocycles. The van der Waals surface area contributed by atoms with Gasteiger partial charge in [-0.2, -0.15) is 0 Å². The molecule has 0 radical (unpaired) electrons. The smallest absolute Gasteiger partial charge is 0.237 e. The molecule has 0 aliphatic carbocycles. The minimum absolute atomic E-state index is 0.0312. The van der Waals surface area contributed by atoms with E-state index < -0.39 is 6.04 Å². The lowest BCUT2D eigenvalue weighted by molar-refractivity contribution is -0.123. The minimum Gasteiger partial charge on any atom is -0.358 e. The second-order valence-electron chi connectivity index (χ2n) is 6.75. The van der Waals surface area contributed by atoms with Gasteiger partial charge in [0.2, 0.25) is 11.8 Å². The standard InChI is InChI=1S/C17H31N7O2/c1-19-17(26)15-7-3-6-10-24-12-13(22-23-24)11-14(18)16(25)21-9-5-2-4-8-20-15/h12,14-15,20H,2-11,18H2,1H3,(H,19,26)(H,21,25). The Morgan fingerprint density at radius 1 is 1.27 bits per heavy atom. The normalized spacial score (nSPS) is 24.2. The zero-order valence-corrected chi connectivity index (χ0v) is 15.5. The van der Waals surface area contributed by atoms with E-state index in [9.17, 15) is 9.59 Å². The molecule has 26 heavy (non-hydrogen) atoms. The van der Waals surface area contributed by atoms with Crippen LogP contribution in [0.25, 0.3) is 0 Å². The van der Waals surface area contributed by atoms with Crippen LogP contribution in [0, 0.1) is 0 Å². The van der Waals surface area contributed by atoms with Gasteiger partial charge < -0.3 is 21.7 Å². The number of hydrogen-bond donors (Lipinski definition) is 4. The highest BCUT2D eigenvalue weighted by molar-refractivity contribution is 5.81. The zero-order chi connectivity index (χ0) is 18.8. The Labute approximate surface area is 154 Å². The van der Waals surface area contributed by atoms with E-state index in [1.54, 1.807) is 11.7 Å². The van der Waals surface area contributed by atoms with Crippen molar-refractivity contribution in [3.63, 3.8) is 0 Å². The van der Waals surface area contributed by atoms with Gasteiger partial charge in [-0.1, -0.05) is 11.6 Å². The predicted molar refractivity (Wildman–Crippen MR) is 98.3 cm³/mol. The van der Waals surface area contributed by atoms with Crippen LogP contribution in [-0.4, -0.2) is 59.0 Å². The average molecular weight is 365 g/mol. The number of carbonyl (C=O) groups excluding carboxylic acids is 2. The minimum atomic E-state index is -0.603. The fourth-order valence-corrected chi connectivity index (χ4v) is 3.03. The predicted octanol–water partition coefficient (Wildman–Crippen LogP) is -0.677. The van der Waals surface area contributed by atoms with Crippen LogP contribution in [0.4, 0.5) is 0 Å². The quantitative estimate of drug-likeness (QED) is 0.522. The Bertz CT molecular complexity index is 575. The van der Waals surface area contributed by atoms with Gasteiger partial charge in [0, 0.05) is 32.8 Å². The Morgan fingerprint density at radius 3 is 2.88 bits per heavy atom. The SMILES string of the molecule is CNC(=O)C1CCCCn2cc(nn2)CC(N)C(=O)NCCCCCN1. The van der Waals surface area contributed by atoms with Crippen molar-refractivity contribution in [1.82, 2.24) is 30.9 Å². The first-order chi connectivity index (χ1) is 12.6. The van der Waals surface area contributed by atoms with E-state index in [1.165, 1.54) is 0 Å². The number of aromatic nitrogens is 3. The first kappa shape index (κ1) is 20.3. The number of aryl methyl sites for hydroxylation is 1. The molecule has 2 unspecified atom stereocenters. The van der Waals surface area contributed by atoms with Crippen LogP contribution in [0.5, 0.6) is 0 Å². The Morgan fingerprint density at radius 2 is 2.08 bits per heavy atom. The first-order valence-corrected chi connectivity index (χ1v) is 9.47. The number of rotatable bonds is 1. The molecular weight excluding hydrogens is 334 g/mol. The van der Waals surface area contributed by atoms with Gasteiger partial charge in [0.15, 0.2) is 0 Å². The van der Waals surface area contributed by atoms with Gasteiger partial charge >= 0.3 is 0 Å². The third-order valence-electron chi connectivity index (χ3n) is 4.59. The van der Waals surface area contributed by atoms with Crippen molar-refractivity contribution in [1.29, 1.82) is 0 Å². The van der Waals surface area contributed by atoms with E-state index in [4.69, 9.17) is 5.73 Å². The molecule has 9 nitrogen and oxygen atoms in total. The molecule has 1 aliphatic heterocycles. The lowest BCUT2D eigenvalue weighted by Gasteiger charge is -2.17. The van der Waals surface area contributed by atoms with Gasteiger partial charge in [0.05, 0.1) is 17.8 Å². The maximum Gasteiger partial charge on any atom is 0.237 e. The molecule has 2 bridgehead atoms. The Balaban J connectivity index is 1.94. The third-order valence-corrected chi connectivity index (χ3v) is 4.59. The van der Waals surface area contributed by atoms with Crippen LogP contribution in [0.3, 0.4) is 0 Å². The molecule has 5 N–H and O–H groups in total. The summed E-state index contributed by atoms with van der Waals surface area (Å²) in [5.41, 5.74) is 6.67. The van der Waals surface area contributed by atoms with Crippen LogP contribution in [-0.2, 0) is 22.6 Å². The van der Waals surface area contributed by atoms with Crippen molar-refractivity contribution in [2.24, 2.45) is 5.73 Å². The summed E-state index contributed by atoms with van der Waals surface area (Å²) in [7, 11) is 1.67. The number of amides is 2. The number of nitrogens with two attached hydrogens (primary N) is 1. The van der Waals surface area contributed by atoms with Gasteiger partial charge in [-0.3, -0.25) is 14.3 Å². The summed E-state index contributed by atoms with van der Waals surface area (Å²) >= 11 is 0. The monoisotopic (exact) mass is 365 g/mol. The van der Waals surface area contributed by atoms with Gasteiger partial charge in [-0.25, -0.2) is 0 Å². The number of likely N-dealkylation sites (N-methyl/N-ethyl adjacent to an activating group) is 1. The number of fused-ring (bicyclic) bond motifs is 2. The van der Waals surface area contributed by atoms with Gasteiger partial charge in [0.1, 0.15) is 0 Å². The van der Waals surface area contributed by atoms with Crippen LogP contribution >= 0.6 is 0 Å². The van der Waals surface area contributed by atoms with Crippen LogP contribution in [0.1, 0.15) is 44.2 Å². The summed E-state index contributed by atoms with van der Waals surface area (Å²) in [6.45, 7) is 2.13. The largest absolute Gasteiger partial charge is 0.358 e. The molecule has 0 aromatic carbocycles. The molecule has 0 spiro atoms. The maximum atomic E-state index is 12.0. The number of carbonyl (C=O) groups is 2. The van der Waals surface area contributed by atoms with Crippen LogP contribution in [0.15, 0.2) is 6.20 Å². The van der Waals surface area contributed by atoms with E-state index in [2.05, 4.69) is 26.3 Å². The molecule has 1 aromatic rings. The van der Waals surface area contributed by atoms with Crippen LogP contribution in [0.2, 0.25) is 0 Å². The first-order valence-electron chi connectivity index (χ1n) is 9.47. The van der Waals surface area contributed by atoms with Crippen molar-refractivity contribution in [2.45, 2.75) is 63.6 Å². The molecule has 146 valence electrons. The third kappa shape index (κ3) is 6.72. The summed E-state index contributed by atoms with van der Waals surface area (Å²) in [4.78, 5) is 24.0. The summed E-state index contributed by atoms with van der Waals surface area (Å²) in [5, 5.41) is 17.1. The van der Waals surface area contributed by atoms with Gasteiger partial charge in [0.25, 0.3) is 0 Å². The van der Waals surface area contributed by atoms with E-state index >= 15 is 0 Å². The van der Waals surface area contributed by atoms with Gasteiger partial charge in [-0.05, 0) is 38.6 Å². The topological polar surface area (TPSA) is 127 Å². The van der Waals surface area contributed by atoms with E-state index in [0.29, 0.717) is 13.0 Å². The second-order valence-corrected chi connectivity index (χ2v) is 6.75. The highest BCUT2D eigenvalue weighted by Crippen LogP contribution is 2.06. The summed E-state index contributed by atoms with van der Waals surface area (Å²) in [6, 6.07) is -0.767. The lowest BCUT2D eigenvalue weighted by Crippen LogP contribution is -2.43. The molecule has 2 atom stereocenters. The van der Waals surface area contributed by atoms with Crippen LogP contribution < -0.4 is 21.7 Å². The molecule has 2 heterocycles. The molecule has 2 rings (SSSR count). The summed E-state index contributed by atoms with van der Waals surface area (Å²) < 4.78 is 1.77. The molecule has 1 aliphatic rings. The molecule has 0 fully saturated rings. The number of nitrogens with one attached hydrogen (secondary N) is 3. The summed E-state index contributed by atoms with van der Waals surface area (Å²) in [6.07, 6.45) is 7.68. The highest BCUT2D eigenvalue weighted by Gasteiger charge is 2.17. The molecule has 1 aromatic heterocycles.